The first-order valence-corrected chi connectivity index (χ1v) is 11.3. The van der Waals surface area contributed by atoms with Crippen LogP contribution in [0, 0.1) is 17.6 Å². The number of carbonyl (C=O) groups is 1. The fraction of sp³-hybridized carbons (Fsp3) is 0.458. The van der Waals surface area contributed by atoms with Crippen molar-refractivity contribution in [2.75, 3.05) is 18.8 Å². The molecule has 4 rings (SSSR count). The number of rotatable bonds is 3. The lowest BCUT2D eigenvalue weighted by Gasteiger charge is -2.21. The summed E-state index contributed by atoms with van der Waals surface area (Å²) in [6.07, 6.45) is 3.45. The molecule has 30 heavy (non-hydrogen) atoms. The second kappa shape index (κ2) is 10.4. The summed E-state index contributed by atoms with van der Waals surface area (Å²) in [7, 11) is 0. The van der Waals surface area contributed by atoms with Crippen molar-refractivity contribution in [1.29, 1.82) is 0 Å². The molecule has 2 aromatic rings. The van der Waals surface area contributed by atoms with Gasteiger partial charge in [-0.2, -0.15) is 12.6 Å². The van der Waals surface area contributed by atoms with Gasteiger partial charge in [-0.15, -0.1) is 0 Å². The number of hydrogen-bond donors (Lipinski definition) is 2. The van der Waals surface area contributed by atoms with Gasteiger partial charge in [0, 0.05) is 25.0 Å². The maximum absolute atomic E-state index is 14.3. The van der Waals surface area contributed by atoms with Crippen molar-refractivity contribution < 1.29 is 13.6 Å². The zero-order chi connectivity index (χ0) is 21.7. The van der Waals surface area contributed by atoms with Crippen molar-refractivity contribution in [1.82, 2.24) is 4.90 Å². The molecular weight excluding hydrogens is 402 g/mol. The minimum Gasteiger partial charge on any atom is -0.342 e. The van der Waals surface area contributed by atoms with Crippen LogP contribution in [0.4, 0.5) is 8.78 Å². The second-order valence-electron chi connectivity index (χ2n) is 7.97. The number of nitrogens with zero attached hydrogens (tertiary/aromatic N) is 1. The number of carbonyl (C=O) groups excluding carboxylic acids is 1. The molecule has 2 aromatic carbocycles. The highest BCUT2D eigenvalue weighted by atomic mass is 32.1. The molecule has 162 valence electrons. The Hall–Kier alpha value is -1.92. The summed E-state index contributed by atoms with van der Waals surface area (Å²) in [6.45, 7) is 3.44. The first kappa shape index (κ1) is 22.8. The molecule has 1 aliphatic heterocycles. The molecule has 0 radical (unpaired) electrons. The van der Waals surface area contributed by atoms with Gasteiger partial charge in [0.25, 0.3) is 0 Å². The van der Waals surface area contributed by atoms with Crippen LogP contribution in [0.5, 0.6) is 0 Å². The third kappa shape index (κ3) is 5.22. The lowest BCUT2D eigenvalue weighted by atomic mass is 9.95. The van der Waals surface area contributed by atoms with Crippen molar-refractivity contribution in [2.24, 2.45) is 11.7 Å². The molecule has 2 fully saturated rings. The van der Waals surface area contributed by atoms with E-state index < -0.39 is 11.6 Å². The van der Waals surface area contributed by atoms with E-state index in [1.165, 1.54) is 18.2 Å². The highest BCUT2D eigenvalue weighted by Crippen LogP contribution is 2.51. The smallest absolute Gasteiger partial charge is 0.226 e. The van der Waals surface area contributed by atoms with E-state index in [1.807, 2.05) is 24.0 Å². The third-order valence-corrected chi connectivity index (χ3v) is 5.78. The minimum atomic E-state index is -0.576. The van der Waals surface area contributed by atoms with Crippen molar-refractivity contribution in [2.45, 2.75) is 44.6 Å². The molecule has 3 nitrogen and oxygen atoms in total. The molecule has 0 spiro atoms. The number of benzene rings is 2. The Kier molecular flexibility index (Phi) is 7.89. The first-order chi connectivity index (χ1) is 14.5. The van der Waals surface area contributed by atoms with Crippen LogP contribution in [-0.2, 0) is 4.79 Å². The van der Waals surface area contributed by atoms with Crippen molar-refractivity contribution in [3.8, 4) is 11.1 Å². The molecule has 2 aliphatic rings. The third-order valence-electron chi connectivity index (χ3n) is 5.78. The number of hydrogen-bond acceptors (Lipinski definition) is 3. The molecule has 0 aromatic heterocycles. The van der Waals surface area contributed by atoms with Gasteiger partial charge in [-0.05, 0) is 60.6 Å². The Morgan fingerprint density at radius 3 is 2.47 bits per heavy atom. The van der Waals surface area contributed by atoms with E-state index in [-0.39, 0.29) is 29.3 Å². The van der Waals surface area contributed by atoms with Gasteiger partial charge in [-0.3, -0.25) is 4.79 Å². The minimum absolute atomic E-state index is 0.00746. The van der Waals surface area contributed by atoms with Gasteiger partial charge in [0.1, 0.15) is 11.6 Å². The fourth-order valence-electron chi connectivity index (χ4n) is 4.19. The van der Waals surface area contributed by atoms with Gasteiger partial charge >= 0.3 is 0 Å². The van der Waals surface area contributed by atoms with Crippen LogP contribution in [0.15, 0.2) is 42.5 Å². The summed E-state index contributed by atoms with van der Waals surface area (Å²) in [5, 5.41) is 0. The zero-order valence-electron chi connectivity index (χ0n) is 17.4. The molecule has 2 N–H and O–H groups in total. The van der Waals surface area contributed by atoms with E-state index in [0.29, 0.717) is 12.1 Å². The summed E-state index contributed by atoms with van der Waals surface area (Å²) < 4.78 is 28.6. The molecule has 1 saturated carbocycles. The van der Waals surface area contributed by atoms with Crippen LogP contribution >= 0.6 is 12.6 Å². The van der Waals surface area contributed by atoms with Crippen LogP contribution in [0.3, 0.4) is 0 Å². The molecule has 3 atom stereocenters. The van der Waals surface area contributed by atoms with E-state index in [2.05, 4.69) is 12.6 Å². The Balaban J connectivity index is 0.000000806. The van der Waals surface area contributed by atoms with Gasteiger partial charge < -0.3 is 10.6 Å². The van der Waals surface area contributed by atoms with Gasteiger partial charge in [-0.25, -0.2) is 8.78 Å². The fourth-order valence-corrected chi connectivity index (χ4v) is 4.19. The molecule has 0 bridgehead atoms. The number of halogens is 2. The number of likely N-dealkylation sites (tertiary alicyclic amines) is 1. The summed E-state index contributed by atoms with van der Waals surface area (Å²) >= 11 is 3.79. The van der Waals surface area contributed by atoms with Crippen LogP contribution in [0.1, 0.15) is 44.1 Å². The van der Waals surface area contributed by atoms with Crippen LogP contribution < -0.4 is 5.73 Å². The highest BCUT2D eigenvalue weighted by Gasteiger charge is 2.46. The summed E-state index contributed by atoms with van der Waals surface area (Å²) in [6, 6.07) is 11.3. The Bertz CT molecular complexity index is 856. The quantitative estimate of drug-likeness (QED) is 0.670. The molecule has 6 heteroatoms. The summed E-state index contributed by atoms with van der Waals surface area (Å²) in [4.78, 5) is 14.8. The maximum Gasteiger partial charge on any atom is 0.226 e. The molecule has 1 saturated heterocycles. The summed E-state index contributed by atoms with van der Waals surface area (Å²) in [5.41, 5.74) is 7.40. The Morgan fingerprint density at radius 2 is 1.77 bits per heavy atom. The van der Waals surface area contributed by atoms with E-state index >= 15 is 0 Å². The topological polar surface area (TPSA) is 46.3 Å². The van der Waals surface area contributed by atoms with E-state index in [0.717, 1.165) is 43.5 Å². The first-order valence-electron chi connectivity index (χ1n) is 10.7. The average Bonchev–Trinajstić information content (AvgIpc) is 3.53. The van der Waals surface area contributed by atoms with Crippen molar-refractivity contribution in [3.05, 3.63) is 59.7 Å². The molecule has 3 unspecified atom stereocenters. The van der Waals surface area contributed by atoms with Crippen LogP contribution in [0.2, 0.25) is 0 Å². The molecular formula is C24H30F2N2OS. The number of nitrogens with two attached hydrogens (primary N) is 1. The van der Waals surface area contributed by atoms with Gasteiger partial charge in [-0.1, -0.05) is 37.3 Å². The molecule has 1 amide bonds. The second-order valence-corrected chi connectivity index (χ2v) is 8.60. The Morgan fingerprint density at radius 1 is 1.10 bits per heavy atom. The lowest BCUT2D eigenvalue weighted by Crippen LogP contribution is -2.34. The standard InChI is InChI=1S/C22H24F2N2O.C2H6S/c23-19-8-3-9-20(24)21(19)16-7-2-1-6-15(16)17-13-18(17)22(27)26-11-4-5-14(25)10-12-26;1-2-3/h1-3,6-9,14,17-18H,4-5,10-13,25H2;3H,2H2,1H3. The average molecular weight is 433 g/mol. The number of amides is 1. The van der Waals surface area contributed by atoms with E-state index in [9.17, 15) is 13.6 Å². The highest BCUT2D eigenvalue weighted by molar-refractivity contribution is 7.80. The molecule has 1 aliphatic carbocycles. The van der Waals surface area contributed by atoms with Gasteiger partial charge in [0.05, 0.1) is 5.56 Å². The SMILES string of the molecule is CCS.NC1CCCN(C(=O)C2CC2c2ccccc2-c2c(F)cccc2F)CC1. The molecule has 1 heterocycles. The van der Waals surface area contributed by atoms with Crippen molar-refractivity contribution >= 4 is 18.5 Å². The van der Waals surface area contributed by atoms with Crippen molar-refractivity contribution in [3.63, 3.8) is 0 Å². The van der Waals surface area contributed by atoms with Gasteiger partial charge in [0.2, 0.25) is 5.91 Å². The lowest BCUT2D eigenvalue weighted by molar-refractivity contribution is -0.132. The van der Waals surface area contributed by atoms with Gasteiger partial charge in [0.15, 0.2) is 0 Å². The van der Waals surface area contributed by atoms with E-state index in [4.69, 9.17) is 5.73 Å². The predicted molar refractivity (Wildman–Crippen MR) is 121 cm³/mol. The maximum atomic E-state index is 14.3. The monoisotopic (exact) mass is 432 g/mol. The summed E-state index contributed by atoms with van der Waals surface area (Å²) in [5.74, 6) is -0.141. The normalized spacial score (nSPS) is 23.2. The predicted octanol–water partition coefficient (Wildman–Crippen LogP) is 5.01. The van der Waals surface area contributed by atoms with Crippen LogP contribution in [-0.4, -0.2) is 35.7 Å². The number of thiol groups is 1. The zero-order valence-corrected chi connectivity index (χ0v) is 18.3. The largest absolute Gasteiger partial charge is 0.342 e. The Labute approximate surface area is 183 Å². The van der Waals surface area contributed by atoms with E-state index in [1.54, 1.807) is 12.1 Å². The van der Waals surface area contributed by atoms with Crippen LogP contribution in [0.25, 0.3) is 11.1 Å².